The highest BCUT2D eigenvalue weighted by molar-refractivity contribution is 5.62. The van der Waals surface area contributed by atoms with E-state index in [1.165, 1.54) is 0 Å². The van der Waals surface area contributed by atoms with Crippen molar-refractivity contribution in [1.29, 1.82) is 0 Å². The van der Waals surface area contributed by atoms with Crippen LogP contribution in [0.15, 0.2) is 18.3 Å². The fraction of sp³-hybridized carbons (Fsp3) is 0.583. The molecule has 2 rings (SSSR count). The Morgan fingerprint density at radius 3 is 2.94 bits per heavy atom. The molecule has 0 atom stereocenters. The van der Waals surface area contributed by atoms with Crippen molar-refractivity contribution in [3.63, 3.8) is 0 Å². The molecule has 4 heteroatoms. The number of nitrogens with two attached hydrogens (primary N) is 1. The number of nitrogens with zero attached hydrogens (tertiary/aromatic N) is 2. The quantitative estimate of drug-likeness (QED) is 0.841. The highest BCUT2D eigenvalue weighted by Gasteiger charge is 2.16. The molecule has 1 aliphatic rings. The summed E-state index contributed by atoms with van der Waals surface area (Å²) in [6.07, 6.45) is 4.01. The summed E-state index contributed by atoms with van der Waals surface area (Å²) in [5, 5.41) is 0. The summed E-state index contributed by atoms with van der Waals surface area (Å²) in [5.41, 5.74) is 6.87. The number of hydrogen-bond donors (Lipinski definition) is 1. The summed E-state index contributed by atoms with van der Waals surface area (Å²) in [4.78, 5) is 6.30. The zero-order valence-electron chi connectivity index (χ0n) is 9.72. The fourth-order valence-electron chi connectivity index (χ4n) is 2.15. The molecule has 0 bridgehead atoms. The minimum Gasteiger partial charge on any atom is -0.382 e. The van der Waals surface area contributed by atoms with Gasteiger partial charge in [0.2, 0.25) is 0 Å². The van der Waals surface area contributed by atoms with Gasteiger partial charge in [0.15, 0.2) is 0 Å². The largest absolute Gasteiger partial charge is 0.382 e. The Morgan fingerprint density at radius 1 is 1.50 bits per heavy atom. The molecule has 4 nitrogen and oxygen atoms in total. The first-order valence-electron chi connectivity index (χ1n) is 5.76. The van der Waals surface area contributed by atoms with Crippen LogP contribution in [-0.4, -0.2) is 31.8 Å². The molecular weight excluding hydrogens is 202 g/mol. The second-order valence-corrected chi connectivity index (χ2v) is 4.34. The second-order valence-electron chi connectivity index (χ2n) is 4.34. The monoisotopic (exact) mass is 221 g/mol. The highest BCUT2D eigenvalue weighted by atomic mass is 16.5. The Labute approximate surface area is 96.4 Å². The van der Waals surface area contributed by atoms with Crippen LogP contribution in [-0.2, 0) is 4.74 Å². The number of anilines is 2. The van der Waals surface area contributed by atoms with Gasteiger partial charge in [-0.2, -0.15) is 0 Å². The van der Waals surface area contributed by atoms with Crippen molar-refractivity contribution in [2.45, 2.75) is 12.8 Å². The summed E-state index contributed by atoms with van der Waals surface area (Å²) >= 11 is 0. The molecule has 1 aromatic rings. The van der Waals surface area contributed by atoms with E-state index in [1.807, 2.05) is 12.1 Å². The third-order valence-corrected chi connectivity index (χ3v) is 3.10. The molecule has 2 N–H and O–H groups in total. The third kappa shape index (κ3) is 2.64. The molecule has 0 spiro atoms. The van der Waals surface area contributed by atoms with Gasteiger partial charge in [-0.3, -0.25) is 0 Å². The van der Waals surface area contributed by atoms with Crippen LogP contribution in [0.1, 0.15) is 12.8 Å². The Bertz CT molecular complexity index is 337. The topological polar surface area (TPSA) is 51.4 Å². The molecule has 88 valence electrons. The van der Waals surface area contributed by atoms with E-state index in [0.717, 1.165) is 38.3 Å². The van der Waals surface area contributed by atoms with Crippen molar-refractivity contribution in [1.82, 2.24) is 4.98 Å². The van der Waals surface area contributed by atoms with Gasteiger partial charge in [-0.25, -0.2) is 4.98 Å². The SMILES string of the molecule is CN(CC1CCOCC1)c1cccnc1N. The van der Waals surface area contributed by atoms with Gasteiger partial charge in [-0.1, -0.05) is 0 Å². The van der Waals surface area contributed by atoms with Crippen LogP contribution >= 0.6 is 0 Å². The molecule has 1 aliphatic heterocycles. The van der Waals surface area contributed by atoms with Gasteiger partial charge < -0.3 is 15.4 Å². The molecule has 16 heavy (non-hydrogen) atoms. The summed E-state index contributed by atoms with van der Waals surface area (Å²) in [5.74, 6) is 1.32. The van der Waals surface area contributed by atoms with Gasteiger partial charge in [0, 0.05) is 33.0 Å². The Balaban J connectivity index is 1.96. The number of hydrogen-bond acceptors (Lipinski definition) is 4. The summed E-state index contributed by atoms with van der Waals surface area (Å²) in [7, 11) is 2.07. The van der Waals surface area contributed by atoms with E-state index in [0.29, 0.717) is 11.7 Å². The lowest BCUT2D eigenvalue weighted by molar-refractivity contribution is 0.0685. The van der Waals surface area contributed by atoms with Gasteiger partial charge in [0.05, 0.1) is 5.69 Å². The fourth-order valence-corrected chi connectivity index (χ4v) is 2.15. The summed E-state index contributed by atoms with van der Waals surface area (Å²) < 4.78 is 5.36. The Morgan fingerprint density at radius 2 is 2.25 bits per heavy atom. The molecule has 0 unspecified atom stereocenters. The average molecular weight is 221 g/mol. The smallest absolute Gasteiger partial charge is 0.146 e. The molecule has 0 saturated carbocycles. The zero-order chi connectivity index (χ0) is 11.4. The highest BCUT2D eigenvalue weighted by Crippen LogP contribution is 2.22. The maximum atomic E-state index is 5.85. The predicted molar refractivity (Wildman–Crippen MR) is 65.5 cm³/mol. The van der Waals surface area contributed by atoms with Gasteiger partial charge in [-0.05, 0) is 30.9 Å². The number of ether oxygens (including phenoxy) is 1. The van der Waals surface area contributed by atoms with Crippen LogP contribution in [0.25, 0.3) is 0 Å². The Hall–Kier alpha value is -1.29. The van der Waals surface area contributed by atoms with E-state index in [4.69, 9.17) is 10.5 Å². The molecule has 2 heterocycles. The Kier molecular flexibility index (Phi) is 3.62. The van der Waals surface area contributed by atoms with Crippen molar-refractivity contribution >= 4 is 11.5 Å². The molecule has 1 fully saturated rings. The maximum absolute atomic E-state index is 5.85. The maximum Gasteiger partial charge on any atom is 0.146 e. The summed E-state index contributed by atoms with van der Waals surface area (Å²) in [6.45, 7) is 2.81. The number of nitrogen functional groups attached to an aromatic ring is 1. The van der Waals surface area contributed by atoms with Crippen LogP contribution in [0, 0.1) is 5.92 Å². The lowest BCUT2D eigenvalue weighted by Gasteiger charge is -2.28. The van der Waals surface area contributed by atoms with Crippen molar-refractivity contribution in [3.8, 4) is 0 Å². The third-order valence-electron chi connectivity index (χ3n) is 3.10. The van der Waals surface area contributed by atoms with Crippen LogP contribution in [0.4, 0.5) is 11.5 Å². The van der Waals surface area contributed by atoms with Crippen LogP contribution in [0.2, 0.25) is 0 Å². The first-order chi connectivity index (χ1) is 7.77. The van der Waals surface area contributed by atoms with Crippen LogP contribution < -0.4 is 10.6 Å². The lowest BCUT2D eigenvalue weighted by atomic mass is 10.00. The molecular formula is C12H19N3O. The van der Waals surface area contributed by atoms with E-state index in [1.54, 1.807) is 6.20 Å². The van der Waals surface area contributed by atoms with Gasteiger partial charge in [-0.15, -0.1) is 0 Å². The number of rotatable bonds is 3. The second kappa shape index (κ2) is 5.16. The van der Waals surface area contributed by atoms with E-state index in [9.17, 15) is 0 Å². The molecule has 0 radical (unpaired) electrons. The van der Waals surface area contributed by atoms with E-state index in [2.05, 4.69) is 16.9 Å². The molecule has 0 aromatic carbocycles. The minimum atomic E-state index is 0.608. The lowest BCUT2D eigenvalue weighted by Crippen LogP contribution is -2.30. The first-order valence-corrected chi connectivity index (χ1v) is 5.76. The standard InChI is InChI=1S/C12H19N3O/c1-15(9-10-4-7-16-8-5-10)11-3-2-6-14-12(11)13/h2-3,6,10H,4-5,7-9H2,1H3,(H2,13,14). The number of aromatic nitrogens is 1. The molecule has 1 aromatic heterocycles. The number of pyridine rings is 1. The van der Waals surface area contributed by atoms with E-state index in [-0.39, 0.29) is 0 Å². The van der Waals surface area contributed by atoms with E-state index < -0.39 is 0 Å². The summed E-state index contributed by atoms with van der Waals surface area (Å²) in [6, 6.07) is 3.94. The van der Waals surface area contributed by atoms with Crippen molar-refractivity contribution < 1.29 is 4.74 Å². The van der Waals surface area contributed by atoms with Gasteiger partial charge in [0.25, 0.3) is 0 Å². The van der Waals surface area contributed by atoms with Gasteiger partial charge >= 0.3 is 0 Å². The van der Waals surface area contributed by atoms with Crippen molar-refractivity contribution in [3.05, 3.63) is 18.3 Å². The van der Waals surface area contributed by atoms with E-state index >= 15 is 0 Å². The first kappa shape index (κ1) is 11.2. The molecule has 0 amide bonds. The molecule has 0 aliphatic carbocycles. The predicted octanol–water partition coefficient (Wildman–Crippen LogP) is 1.53. The average Bonchev–Trinajstić information content (AvgIpc) is 2.31. The van der Waals surface area contributed by atoms with Crippen molar-refractivity contribution in [2.24, 2.45) is 5.92 Å². The van der Waals surface area contributed by atoms with Crippen LogP contribution in [0.3, 0.4) is 0 Å². The van der Waals surface area contributed by atoms with Crippen LogP contribution in [0.5, 0.6) is 0 Å². The minimum absolute atomic E-state index is 0.608. The van der Waals surface area contributed by atoms with Crippen molar-refractivity contribution in [2.75, 3.05) is 37.4 Å². The van der Waals surface area contributed by atoms with Gasteiger partial charge in [0.1, 0.15) is 5.82 Å². The normalized spacial score (nSPS) is 17.3. The molecule has 1 saturated heterocycles. The zero-order valence-corrected chi connectivity index (χ0v) is 9.72.